The number of nitrogens with zero attached hydrogens (tertiary/aromatic N) is 2. The molecule has 6 nitrogen and oxygen atoms in total. The summed E-state index contributed by atoms with van der Waals surface area (Å²) in [7, 11) is 5.74. The van der Waals surface area contributed by atoms with Gasteiger partial charge in [0.05, 0.1) is 18.4 Å². The van der Waals surface area contributed by atoms with Crippen LogP contribution in [-0.4, -0.2) is 27.2 Å². The molecule has 0 radical (unpaired) electrons. The number of rotatable bonds is 10. The Hall–Kier alpha value is -3.27. The monoisotopic (exact) mass is 1770 g/mol. The average Bonchev–Trinajstić information content (AvgIpc) is 1.52. The number of alkyl halides is 2. The van der Waals surface area contributed by atoms with E-state index in [1.54, 1.807) is 51.7 Å². The first kappa shape index (κ1) is 78.1. The van der Waals surface area contributed by atoms with Gasteiger partial charge in [-0.3, -0.25) is 9.05 Å². The van der Waals surface area contributed by atoms with Gasteiger partial charge in [0.1, 0.15) is 11.5 Å². The second-order valence-corrected chi connectivity index (χ2v) is 32.8. The molecule has 14 rings (SSSR count). The molecule has 512 valence electrons. The van der Waals surface area contributed by atoms with Crippen molar-refractivity contribution in [3.8, 4) is 23.0 Å². The molecule has 0 amide bonds. The Morgan fingerprint density at radius 3 is 0.915 bits per heavy atom. The Labute approximate surface area is 614 Å². The van der Waals surface area contributed by atoms with Gasteiger partial charge in [-0.05, 0) is 179 Å². The van der Waals surface area contributed by atoms with Crippen LogP contribution in [0.15, 0.2) is 170 Å². The van der Waals surface area contributed by atoms with Crippen molar-refractivity contribution in [2.45, 2.75) is 182 Å². The summed E-state index contributed by atoms with van der Waals surface area (Å²) < 4.78 is 33.7. The average molecular weight is 1770 g/mol. The molecule has 0 saturated heterocycles. The summed E-state index contributed by atoms with van der Waals surface area (Å²) in [4.78, 5) is 0. The summed E-state index contributed by atoms with van der Waals surface area (Å²) in [6.07, 6.45) is 8.37. The van der Waals surface area contributed by atoms with Crippen LogP contribution in [0.5, 0.6) is 23.0 Å². The standard InChI is InChI=1S/2C37H40NO2P.C2H6S.CH2Cl2.2CH4.2Au.2ClH/c2*1-25-17-29-33-31(19-25)39-41(38(21-27-13-9-7-10-14-27)22-28-15-11-8-12-16-28)40-32-20-26(2)18-30-34(32)37(33,23-35(29,3)4)24-36(30,5)6;1-3-2;2-1-3;;;;;;/h2*7-20H,21-24H2,1-6H3;1-2H3;1H2;2*1H4;;;2*1H/q;;;;;;2*+1;;/p-1. The summed E-state index contributed by atoms with van der Waals surface area (Å²) in [6.45, 7) is 31.2. The maximum absolute atomic E-state index is 7.23. The Morgan fingerprint density at radius 2 is 0.649 bits per heavy atom. The van der Waals surface area contributed by atoms with Crippen molar-refractivity contribution < 1.29 is 58.1 Å². The molecule has 0 N–H and O–H groups in total. The molecular formula is C79H97Au2Cl4N2O4P2S+. The van der Waals surface area contributed by atoms with Crippen LogP contribution >= 0.6 is 70.4 Å². The van der Waals surface area contributed by atoms with Gasteiger partial charge in [-0.2, -0.15) is 11.8 Å². The van der Waals surface area contributed by atoms with Gasteiger partial charge < -0.3 is 9.05 Å². The minimum absolute atomic E-state index is 0. The molecular weight excluding hydrogens is 1670 g/mol. The summed E-state index contributed by atoms with van der Waals surface area (Å²) in [6, 6.07) is 61.6. The molecule has 8 aromatic rings. The number of hydrogen-bond donors (Lipinski definition) is 0. The number of aryl methyl sites for hydroxylation is 4. The van der Waals surface area contributed by atoms with Crippen molar-refractivity contribution in [1.82, 2.24) is 9.34 Å². The molecule has 2 aliphatic heterocycles. The van der Waals surface area contributed by atoms with Gasteiger partial charge in [-0.15, -0.1) is 27.9 Å². The van der Waals surface area contributed by atoms with Crippen molar-refractivity contribution >= 4 is 70.4 Å². The molecule has 15 heteroatoms. The number of hydrogen-bond acceptors (Lipinski definition) is 7. The first-order chi connectivity index (χ1) is 43.9. The van der Waals surface area contributed by atoms with Crippen LogP contribution in [0.25, 0.3) is 0 Å². The Morgan fingerprint density at radius 1 is 0.415 bits per heavy atom. The molecule has 6 aliphatic rings. The van der Waals surface area contributed by atoms with Crippen molar-refractivity contribution in [1.29, 1.82) is 0 Å². The van der Waals surface area contributed by atoms with Crippen molar-refractivity contribution in [2.24, 2.45) is 0 Å². The zero-order valence-corrected chi connectivity index (χ0v) is 65.6. The molecule has 0 atom stereocenters. The van der Waals surface area contributed by atoms with Crippen LogP contribution in [-0.2, 0) is 98.6 Å². The summed E-state index contributed by atoms with van der Waals surface area (Å²) in [5.41, 5.74) is 21.4. The summed E-state index contributed by atoms with van der Waals surface area (Å²) in [5, 5.41) is 0.194. The van der Waals surface area contributed by atoms with Crippen LogP contribution < -0.4 is 18.1 Å². The van der Waals surface area contributed by atoms with Gasteiger partial charge in [0, 0.05) is 46.2 Å². The third-order valence-electron chi connectivity index (χ3n) is 18.9. The minimum atomic E-state index is -1.96. The van der Waals surface area contributed by atoms with Crippen LogP contribution in [0.3, 0.4) is 0 Å². The molecule has 4 aliphatic carbocycles. The van der Waals surface area contributed by atoms with Crippen molar-refractivity contribution in [3.05, 3.63) is 259 Å². The molecule has 0 aromatic heterocycles. The Balaban J connectivity index is 0.000000230. The van der Waals surface area contributed by atoms with Crippen molar-refractivity contribution in [3.63, 3.8) is 0 Å². The molecule has 0 fully saturated rings. The normalized spacial score (nSPS) is 17.2. The van der Waals surface area contributed by atoms with Gasteiger partial charge in [0.25, 0.3) is 0 Å². The third-order valence-corrected chi connectivity index (χ3v) is 21.9. The van der Waals surface area contributed by atoms with E-state index in [4.69, 9.17) is 41.3 Å². The van der Waals surface area contributed by atoms with Gasteiger partial charge in [0.15, 0.2) is 11.5 Å². The van der Waals surface area contributed by atoms with Crippen LogP contribution in [0.2, 0.25) is 0 Å². The molecule has 94 heavy (non-hydrogen) atoms. The quantitative estimate of drug-likeness (QED) is 0.0768. The number of thioether (sulfide) groups is 1. The Bertz CT molecular complexity index is 3340. The van der Waals surface area contributed by atoms with E-state index in [0.717, 1.165) is 74.9 Å². The third kappa shape index (κ3) is 16.3. The first-order valence-corrected chi connectivity index (χ1v) is 41.8. The fourth-order valence-electron chi connectivity index (χ4n) is 16.1. The molecule has 2 spiro atoms. The van der Waals surface area contributed by atoms with E-state index in [9.17, 15) is 0 Å². The van der Waals surface area contributed by atoms with E-state index in [0.29, 0.717) is 0 Å². The number of benzene rings is 8. The molecule has 0 bridgehead atoms. The molecule has 0 unspecified atom stereocenters. The van der Waals surface area contributed by atoms with Crippen molar-refractivity contribution in [2.75, 3.05) is 17.9 Å². The van der Waals surface area contributed by atoms with E-state index < -0.39 is 17.1 Å². The zero-order valence-electron chi connectivity index (χ0n) is 55.5. The molecule has 2 heterocycles. The molecule has 0 saturated carbocycles. The molecule has 8 aromatic carbocycles. The van der Waals surface area contributed by atoms with E-state index in [2.05, 4.69) is 281 Å². The van der Waals surface area contributed by atoms with E-state index in [1.165, 1.54) is 89.0 Å². The second-order valence-electron chi connectivity index (χ2n) is 28.2. The van der Waals surface area contributed by atoms with Crippen LogP contribution in [0.1, 0.15) is 185 Å². The Kier molecular flexibility index (Phi) is 27.3. The van der Waals surface area contributed by atoms with E-state index in [-0.39, 0.29) is 52.7 Å². The second kappa shape index (κ2) is 32.8. The summed E-state index contributed by atoms with van der Waals surface area (Å²) in [5.74, 6) is 4.08. The fourth-order valence-corrected chi connectivity index (χ4v) is 19.2. The maximum atomic E-state index is 7.23. The predicted octanol–water partition coefficient (Wildman–Crippen LogP) is 24.1. The van der Waals surface area contributed by atoms with E-state index in [1.807, 2.05) is 12.5 Å². The topological polar surface area (TPSA) is 43.4 Å². The van der Waals surface area contributed by atoms with Gasteiger partial charge in [0.2, 0.25) is 0 Å². The van der Waals surface area contributed by atoms with Crippen LogP contribution in [0.4, 0.5) is 0 Å². The first-order valence-electron chi connectivity index (χ1n) is 31.4. The summed E-state index contributed by atoms with van der Waals surface area (Å²) >= 11 is 14.8. The van der Waals surface area contributed by atoms with Crippen LogP contribution in [0, 0.1) is 27.7 Å². The van der Waals surface area contributed by atoms with Gasteiger partial charge in [-0.25, -0.2) is 4.67 Å². The SMILES string of the molecule is C.C.CSC.Cc1cc2c3c(c1)C(C)(C)CC31CC(C)(C)c3cc(C)cc(c31)OP(N(Cc1ccccc1)Cc1ccccc1)O2.Cc1cc2c3c(c1)C(C)(C)CC31CC(C)(C)c3cc(C)cc(c31)O[PH+](N(Cc1ccccc1)Cc1ccccc1)O2.ClCCl.[Cl][Au].[Cl][Au]. The van der Waals surface area contributed by atoms with Gasteiger partial charge in [-0.1, -0.05) is 216 Å². The fraction of sp³-hybridized carbons (Fsp3) is 0.392. The predicted molar refractivity (Wildman–Crippen MR) is 400 cm³/mol. The number of halogens is 4. The van der Waals surface area contributed by atoms with Gasteiger partial charge >= 0.3 is 75.4 Å². The van der Waals surface area contributed by atoms with E-state index >= 15 is 0 Å². The zero-order chi connectivity index (χ0) is 66.6.